The zero-order valence-corrected chi connectivity index (χ0v) is 16.8. The zero-order chi connectivity index (χ0) is 19.8. The van der Waals surface area contributed by atoms with Crippen molar-refractivity contribution in [3.05, 3.63) is 53.1 Å². The van der Waals surface area contributed by atoms with Gasteiger partial charge in [0.1, 0.15) is 11.9 Å². The normalized spacial score (nSPS) is 22.3. The number of hydrogen-bond donors (Lipinski definition) is 1. The third-order valence-electron chi connectivity index (χ3n) is 6.04. The van der Waals surface area contributed by atoms with Gasteiger partial charge in [0.05, 0.1) is 6.10 Å². The molecule has 154 valence electrons. The fourth-order valence-corrected chi connectivity index (χ4v) is 4.43. The average Bonchev–Trinajstić information content (AvgIpc) is 3.33. The maximum atomic E-state index is 10.7. The molecule has 2 aromatic carbocycles. The van der Waals surface area contributed by atoms with Crippen LogP contribution in [0.4, 0.5) is 0 Å². The molecule has 3 aliphatic heterocycles. The fraction of sp³-hybridized carbons (Fsp3) is 0.478. The van der Waals surface area contributed by atoms with Gasteiger partial charge in [-0.2, -0.15) is 0 Å². The van der Waals surface area contributed by atoms with E-state index in [0.29, 0.717) is 13.3 Å². The molecule has 5 rings (SSSR count). The van der Waals surface area contributed by atoms with Crippen molar-refractivity contribution in [1.29, 1.82) is 0 Å². The van der Waals surface area contributed by atoms with Crippen molar-refractivity contribution < 1.29 is 19.3 Å². The summed E-state index contributed by atoms with van der Waals surface area (Å²) in [6.45, 7) is 7.91. The minimum absolute atomic E-state index is 0.232. The van der Waals surface area contributed by atoms with Crippen LogP contribution in [0.3, 0.4) is 0 Å². The largest absolute Gasteiger partial charge is 0.490 e. The molecule has 1 fully saturated rings. The lowest BCUT2D eigenvalue weighted by Crippen LogP contribution is -2.47. The molecule has 1 saturated heterocycles. The van der Waals surface area contributed by atoms with E-state index in [9.17, 15) is 5.11 Å². The molecule has 1 N–H and O–H groups in total. The van der Waals surface area contributed by atoms with Crippen LogP contribution in [0, 0.1) is 0 Å². The van der Waals surface area contributed by atoms with E-state index in [0.717, 1.165) is 62.0 Å². The van der Waals surface area contributed by atoms with Crippen molar-refractivity contribution in [1.82, 2.24) is 9.80 Å². The van der Waals surface area contributed by atoms with Gasteiger partial charge in [-0.15, -0.1) is 0 Å². The summed E-state index contributed by atoms with van der Waals surface area (Å²) < 4.78 is 16.6. The van der Waals surface area contributed by atoms with E-state index in [-0.39, 0.29) is 6.10 Å². The lowest BCUT2D eigenvalue weighted by atomic mass is 10.0. The minimum Gasteiger partial charge on any atom is -0.490 e. The minimum atomic E-state index is -0.461. The van der Waals surface area contributed by atoms with E-state index in [1.807, 2.05) is 18.2 Å². The second-order valence-electron chi connectivity index (χ2n) is 8.28. The molecule has 0 amide bonds. The van der Waals surface area contributed by atoms with Gasteiger partial charge in [-0.3, -0.25) is 9.80 Å². The first-order valence-corrected chi connectivity index (χ1v) is 10.4. The van der Waals surface area contributed by atoms with Crippen LogP contribution in [0.1, 0.15) is 29.7 Å². The summed E-state index contributed by atoms with van der Waals surface area (Å²) in [4.78, 5) is 4.81. The Balaban J connectivity index is 1.13. The zero-order valence-electron chi connectivity index (χ0n) is 16.8. The number of nitrogens with zero attached hydrogens (tertiary/aromatic N) is 2. The first-order chi connectivity index (χ1) is 14.1. The number of aliphatic hydroxyl groups excluding tert-OH is 1. The quantitative estimate of drug-likeness (QED) is 0.839. The van der Waals surface area contributed by atoms with Gasteiger partial charge < -0.3 is 19.3 Å². The summed E-state index contributed by atoms with van der Waals surface area (Å²) in [5.41, 5.74) is 3.45. The SMILES string of the molecule is CC1Cc2cc(C(O)CN3CCN(Cc4ccc5c(c4)OCO5)CC3)ccc2O1. The Kier molecular flexibility index (Phi) is 5.08. The predicted octanol–water partition coefficient (Wildman–Crippen LogP) is 2.59. The first kappa shape index (κ1) is 18.7. The third kappa shape index (κ3) is 4.06. The Morgan fingerprint density at radius 2 is 1.72 bits per heavy atom. The molecule has 0 radical (unpaired) electrons. The Morgan fingerprint density at radius 1 is 0.966 bits per heavy atom. The van der Waals surface area contributed by atoms with Crippen molar-refractivity contribution in [2.24, 2.45) is 0 Å². The molecule has 29 heavy (non-hydrogen) atoms. The fourth-order valence-electron chi connectivity index (χ4n) is 4.43. The van der Waals surface area contributed by atoms with Crippen LogP contribution in [0.15, 0.2) is 36.4 Å². The van der Waals surface area contributed by atoms with Crippen LogP contribution >= 0.6 is 0 Å². The average molecular weight is 396 g/mol. The number of hydrogen-bond acceptors (Lipinski definition) is 6. The van der Waals surface area contributed by atoms with Gasteiger partial charge >= 0.3 is 0 Å². The first-order valence-electron chi connectivity index (χ1n) is 10.4. The number of piperazine rings is 1. The number of rotatable bonds is 5. The Bertz CT molecular complexity index is 879. The maximum absolute atomic E-state index is 10.7. The molecule has 2 atom stereocenters. The third-order valence-corrected chi connectivity index (χ3v) is 6.04. The lowest BCUT2D eigenvalue weighted by molar-refractivity contribution is 0.0700. The van der Waals surface area contributed by atoms with Crippen molar-refractivity contribution >= 4 is 0 Å². The van der Waals surface area contributed by atoms with E-state index in [1.165, 1.54) is 11.1 Å². The topological polar surface area (TPSA) is 54.4 Å². The van der Waals surface area contributed by atoms with Crippen LogP contribution < -0.4 is 14.2 Å². The van der Waals surface area contributed by atoms with Crippen LogP contribution in [-0.2, 0) is 13.0 Å². The highest BCUT2D eigenvalue weighted by Crippen LogP contribution is 2.33. The van der Waals surface area contributed by atoms with Gasteiger partial charge in [-0.05, 0) is 47.9 Å². The summed E-state index contributed by atoms with van der Waals surface area (Å²) in [5, 5.41) is 10.7. The van der Waals surface area contributed by atoms with Crippen molar-refractivity contribution in [2.45, 2.75) is 32.1 Å². The predicted molar refractivity (Wildman–Crippen MR) is 109 cm³/mol. The Labute approximate surface area is 171 Å². The molecule has 0 spiro atoms. The van der Waals surface area contributed by atoms with Crippen molar-refractivity contribution in [2.75, 3.05) is 39.5 Å². The molecule has 6 heteroatoms. The van der Waals surface area contributed by atoms with Crippen molar-refractivity contribution in [3.63, 3.8) is 0 Å². The number of benzene rings is 2. The maximum Gasteiger partial charge on any atom is 0.231 e. The van der Waals surface area contributed by atoms with Crippen LogP contribution in [-0.4, -0.2) is 60.5 Å². The number of aliphatic hydroxyl groups is 1. The van der Waals surface area contributed by atoms with Gasteiger partial charge in [0.15, 0.2) is 11.5 Å². The van der Waals surface area contributed by atoms with E-state index < -0.39 is 6.10 Å². The van der Waals surface area contributed by atoms with Gasteiger partial charge in [-0.25, -0.2) is 0 Å². The van der Waals surface area contributed by atoms with E-state index in [4.69, 9.17) is 14.2 Å². The Morgan fingerprint density at radius 3 is 2.59 bits per heavy atom. The van der Waals surface area contributed by atoms with Crippen LogP contribution in [0.25, 0.3) is 0 Å². The molecular weight excluding hydrogens is 368 g/mol. The summed E-state index contributed by atoms with van der Waals surface area (Å²) >= 11 is 0. The lowest BCUT2D eigenvalue weighted by Gasteiger charge is -2.35. The van der Waals surface area contributed by atoms with Gasteiger partial charge in [0.25, 0.3) is 0 Å². The molecule has 3 aliphatic rings. The van der Waals surface area contributed by atoms with Crippen LogP contribution in [0.5, 0.6) is 17.2 Å². The molecule has 0 bridgehead atoms. The second-order valence-corrected chi connectivity index (χ2v) is 8.28. The number of ether oxygens (including phenoxy) is 3. The highest BCUT2D eigenvalue weighted by Gasteiger charge is 2.23. The standard InChI is InChI=1S/C23H28N2O4/c1-16-10-19-12-18(3-5-21(19)29-16)20(26)14-25-8-6-24(7-9-25)13-17-2-4-22-23(11-17)28-15-27-22/h2-5,11-12,16,20,26H,6-10,13-15H2,1H3. The van der Waals surface area contributed by atoms with Crippen molar-refractivity contribution in [3.8, 4) is 17.2 Å². The molecule has 2 aromatic rings. The molecular formula is C23H28N2O4. The molecule has 0 aromatic heterocycles. The molecule has 2 unspecified atom stereocenters. The molecule has 0 aliphatic carbocycles. The summed E-state index contributed by atoms with van der Waals surface area (Å²) in [5.74, 6) is 2.64. The van der Waals surface area contributed by atoms with E-state index in [1.54, 1.807) is 0 Å². The summed E-state index contributed by atoms with van der Waals surface area (Å²) in [7, 11) is 0. The number of β-amino-alcohol motifs (C(OH)–C–C–N with tert-alkyl or cyclic N) is 1. The smallest absolute Gasteiger partial charge is 0.231 e. The second kappa shape index (κ2) is 7.86. The van der Waals surface area contributed by atoms with Gasteiger partial charge in [0.2, 0.25) is 6.79 Å². The highest BCUT2D eigenvalue weighted by atomic mass is 16.7. The van der Waals surface area contributed by atoms with E-state index in [2.05, 4.69) is 34.9 Å². The summed E-state index contributed by atoms with van der Waals surface area (Å²) in [6, 6.07) is 12.3. The monoisotopic (exact) mass is 396 g/mol. The highest BCUT2D eigenvalue weighted by molar-refractivity contribution is 5.44. The van der Waals surface area contributed by atoms with Gasteiger partial charge in [0, 0.05) is 45.7 Å². The Hall–Kier alpha value is -2.28. The van der Waals surface area contributed by atoms with E-state index >= 15 is 0 Å². The summed E-state index contributed by atoms with van der Waals surface area (Å²) in [6.07, 6.45) is 0.695. The molecule has 6 nitrogen and oxygen atoms in total. The molecule has 0 saturated carbocycles. The van der Waals surface area contributed by atoms with Gasteiger partial charge in [-0.1, -0.05) is 12.1 Å². The molecule has 3 heterocycles. The number of fused-ring (bicyclic) bond motifs is 2. The van der Waals surface area contributed by atoms with Crippen LogP contribution in [0.2, 0.25) is 0 Å².